The maximum Gasteiger partial charge on any atom is 0.264 e. The number of aromatic nitrogens is 3. The van der Waals surface area contributed by atoms with Crippen molar-refractivity contribution in [2.45, 2.75) is 81.6 Å². The number of amides is 2. The van der Waals surface area contributed by atoms with Crippen molar-refractivity contribution >= 4 is 37.3 Å². The topological polar surface area (TPSA) is 125 Å². The summed E-state index contributed by atoms with van der Waals surface area (Å²) in [5, 5.41) is 21.1. The van der Waals surface area contributed by atoms with Crippen LogP contribution in [0.5, 0.6) is 5.75 Å². The highest BCUT2D eigenvalue weighted by molar-refractivity contribution is 6.72. The molecule has 2 N–H and O–H groups in total. The van der Waals surface area contributed by atoms with Gasteiger partial charge >= 0.3 is 0 Å². The smallest absolute Gasteiger partial charge is 0.264 e. The van der Waals surface area contributed by atoms with Gasteiger partial charge in [-0.15, -0.1) is 5.10 Å². The van der Waals surface area contributed by atoms with Crippen LogP contribution in [0.25, 0.3) is 0 Å². The van der Waals surface area contributed by atoms with Gasteiger partial charge in [-0.2, -0.15) is 0 Å². The van der Waals surface area contributed by atoms with E-state index in [4.69, 9.17) is 9.47 Å². The Morgan fingerprint density at radius 1 is 1.02 bits per heavy atom. The number of nitrogens with one attached hydrogen (secondary N) is 1. The number of carbonyl (C=O) groups is 2. The molecule has 0 aliphatic carbocycles. The first-order valence-corrected chi connectivity index (χ1v) is 22.3. The number of carbonyl (C=O) groups excluding carboxylic acids is 2. The Balaban J connectivity index is 1.07. The minimum Gasteiger partial charge on any atom is -0.497 e. The van der Waals surface area contributed by atoms with E-state index in [1.54, 1.807) is 36.0 Å². The second kappa shape index (κ2) is 14.5. The SMILES string of the molecule is COc1ccc2c(c1)[C@]1(O[C@@H](CCn3cc(CCO)nn3)[C@H]([Si](C)(C)F)[C@H]1C)C(=O)N2Cc1ccc(N2CN(c3ccccc3)C3(CCNCC3)C2=O)cc1. The van der Waals surface area contributed by atoms with Crippen LogP contribution in [0.3, 0.4) is 0 Å². The van der Waals surface area contributed by atoms with Gasteiger partial charge in [0.25, 0.3) is 11.8 Å². The highest BCUT2D eigenvalue weighted by Crippen LogP contribution is 2.60. The van der Waals surface area contributed by atoms with Crippen molar-refractivity contribution in [1.29, 1.82) is 0 Å². The molecule has 5 heterocycles. The number of methoxy groups -OCH3 is 1. The summed E-state index contributed by atoms with van der Waals surface area (Å²) in [6.07, 6.45) is 3.56. The number of piperidine rings is 1. The van der Waals surface area contributed by atoms with E-state index in [9.17, 15) is 14.7 Å². The van der Waals surface area contributed by atoms with E-state index in [1.165, 1.54) is 0 Å². The molecule has 4 atom stereocenters. The van der Waals surface area contributed by atoms with Crippen molar-refractivity contribution in [3.63, 3.8) is 0 Å². The molecule has 0 bridgehead atoms. The number of benzene rings is 3. The van der Waals surface area contributed by atoms with Gasteiger partial charge in [0.1, 0.15) is 11.3 Å². The molecule has 290 valence electrons. The van der Waals surface area contributed by atoms with Gasteiger partial charge in [-0.25, -0.2) is 0 Å². The third-order valence-corrected chi connectivity index (χ3v) is 14.8. The fourth-order valence-corrected chi connectivity index (χ4v) is 12.2. The number of aliphatic hydroxyl groups is 1. The summed E-state index contributed by atoms with van der Waals surface area (Å²) in [5.74, 6) is 0.0298. The number of para-hydroxylation sites is 1. The molecule has 0 radical (unpaired) electrons. The third-order valence-electron chi connectivity index (χ3n) is 12.3. The van der Waals surface area contributed by atoms with E-state index >= 15 is 4.11 Å². The number of nitrogens with zero attached hydrogens (tertiary/aromatic N) is 6. The van der Waals surface area contributed by atoms with Crippen molar-refractivity contribution in [2.24, 2.45) is 5.92 Å². The van der Waals surface area contributed by atoms with Gasteiger partial charge in [0.2, 0.25) is 8.41 Å². The second-order valence-corrected chi connectivity index (χ2v) is 19.7. The van der Waals surface area contributed by atoms with E-state index in [-0.39, 0.29) is 25.0 Å². The number of ether oxygens (including phenoxy) is 2. The lowest BCUT2D eigenvalue weighted by Crippen LogP contribution is -2.55. The first-order chi connectivity index (χ1) is 26.5. The van der Waals surface area contributed by atoms with Crippen LogP contribution in [0.1, 0.15) is 43.0 Å². The summed E-state index contributed by atoms with van der Waals surface area (Å²) in [5.41, 5.74) is 2.35. The van der Waals surface area contributed by atoms with E-state index < -0.39 is 37.1 Å². The molecule has 0 unspecified atom stereocenters. The first-order valence-electron chi connectivity index (χ1n) is 19.3. The fraction of sp³-hybridized carbons (Fsp3) is 0.463. The van der Waals surface area contributed by atoms with Gasteiger partial charge in [0.15, 0.2) is 5.60 Å². The van der Waals surface area contributed by atoms with Crippen LogP contribution in [-0.2, 0) is 39.4 Å². The summed E-state index contributed by atoms with van der Waals surface area (Å²) in [6.45, 7) is 8.04. The largest absolute Gasteiger partial charge is 0.497 e. The summed E-state index contributed by atoms with van der Waals surface area (Å²) in [4.78, 5) is 35.1. The van der Waals surface area contributed by atoms with Crippen molar-refractivity contribution in [3.8, 4) is 5.75 Å². The molecule has 3 saturated heterocycles. The zero-order chi connectivity index (χ0) is 38.5. The van der Waals surface area contributed by atoms with Crippen molar-refractivity contribution in [1.82, 2.24) is 20.3 Å². The number of hydrogen-bond donors (Lipinski definition) is 2. The maximum absolute atomic E-state index is 16.4. The molecule has 2 amide bonds. The Kier molecular flexibility index (Phi) is 9.81. The highest BCUT2D eigenvalue weighted by Gasteiger charge is 2.66. The van der Waals surface area contributed by atoms with Crippen LogP contribution in [0.4, 0.5) is 21.2 Å². The Hall–Kier alpha value is -4.63. The van der Waals surface area contributed by atoms with Crippen LogP contribution in [-0.4, -0.2) is 85.4 Å². The van der Waals surface area contributed by atoms with Crippen LogP contribution < -0.4 is 24.8 Å². The normalized spacial score (nSPS) is 24.8. The van der Waals surface area contributed by atoms with E-state index in [0.29, 0.717) is 48.7 Å². The van der Waals surface area contributed by atoms with Crippen LogP contribution in [0, 0.1) is 5.92 Å². The summed E-state index contributed by atoms with van der Waals surface area (Å²) >= 11 is 0. The lowest BCUT2D eigenvalue weighted by Gasteiger charge is -2.39. The van der Waals surface area contributed by atoms with Crippen LogP contribution in [0.2, 0.25) is 18.6 Å². The quantitative estimate of drug-likeness (QED) is 0.157. The number of aliphatic hydroxyl groups excluding tert-OH is 1. The van der Waals surface area contributed by atoms with E-state index in [0.717, 1.165) is 42.9 Å². The predicted octanol–water partition coefficient (Wildman–Crippen LogP) is 5.17. The molecular weight excluding hydrogens is 718 g/mol. The lowest BCUT2D eigenvalue weighted by molar-refractivity contribution is -0.146. The summed E-state index contributed by atoms with van der Waals surface area (Å²) in [6, 6.07) is 23.6. The summed E-state index contributed by atoms with van der Waals surface area (Å²) < 4.78 is 30.7. The van der Waals surface area contributed by atoms with Crippen molar-refractivity contribution in [2.75, 3.05) is 48.2 Å². The Bertz CT molecular complexity index is 2040. The molecular formula is C41H50FN7O5Si. The van der Waals surface area contributed by atoms with Crippen molar-refractivity contribution in [3.05, 3.63) is 95.8 Å². The zero-order valence-corrected chi connectivity index (χ0v) is 33.0. The van der Waals surface area contributed by atoms with Crippen LogP contribution in [0.15, 0.2) is 79.0 Å². The molecule has 8 rings (SSSR count). The van der Waals surface area contributed by atoms with Crippen molar-refractivity contribution < 1.29 is 28.3 Å². The second-order valence-electron chi connectivity index (χ2n) is 15.9. The lowest BCUT2D eigenvalue weighted by atomic mass is 9.82. The molecule has 2 spiro atoms. The average molecular weight is 768 g/mol. The molecule has 4 aromatic rings. The molecule has 3 aromatic carbocycles. The highest BCUT2D eigenvalue weighted by atomic mass is 28.4. The zero-order valence-electron chi connectivity index (χ0n) is 32.0. The molecule has 14 heteroatoms. The number of aryl methyl sites for hydroxylation is 1. The molecule has 55 heavy (non-hydrogen) atoms. The number of fused-ring (bicyclic) bond motifs is 2. The summed E-state index contributed by atoms with van der Waals surface area (Å²) in [7, 11) is -1.78. The molecule has 1 aromatic heterocycles. The van der Waals surface area contributed by atoms with Gasteiger partial charge in [-0.1, -0.05) is 42.5 Å². The van der Waals surface area contributed by atoms with Gasteiger partial charge in [0.05, 0.1) is 37.8 Å². The minimum absolute atomic E-state index is 0.0237. The average Bonchev–Trinajstić information content (AvgIpc) is 3.90. The minimum atomic E-state index is -3.37. The number of halogens is 1. The van der Waals surface area contributed by atoms with Gasteiger partial charge in [-0.3, -0.25) is 19.2 Å². The molecule has 4 aliphatic rings. The standard InChI is InChI=1S/C41H50FN7O5Si/c1-28-37(55(3,4)42)36(16-22-46-26-30(17-23-50)44-45-46)54-41(28)34-24-33(53-2)14-15-35(34)47(39(41)52)25-29-10-12-31(13-11-29)48-27-49(32-8-6-5-7-9-32)40(38(48)51)18-20-43-21-19-40/h5-15,24,26,28,36-37,43,50H,16-23,25,27H2,1-4H3/t28-,36+,37-,41+/m1/s1. The maximum atomic E-state index is 16.4. The third kappa shape index (κ3) is 6.32. The number of anilines is 3. The molecule has 0 saturated carbocycles. The van der Waals surface area contributed by atoms with Crippen LogP contribution >= 0.6 is 0 Å². The first kappa shape index (κ1) is 37.3. The van der Waals surface area contributed by atoms with E-state index in [1.807, 2.05) is 72.5 Å². The predicted molar refractivity (Wildman–Crippen MR) is 210 cm³/mol. The molecule has 4 aliphatic heterocycles. The molecule has 3 fully saturated rings. The number of rotatable bonds is 11. The Morgan fingerprint density at radius 3 is 2.45 bits per heavy atom. The monoisotopic (exact) mass is 767 g/mol. The Labute approximate surface area is 322 Å². The Morgan fingerprint density at radius 2 is 1.76 bits per heavy atom. The van der Waals surface area contributed by atoms with Gasteiger partial charge in [0, 0.05) is 54.2 Å². The van der Waals surface area contributed by atoms with Gasteiger partial charge in [-0.05, 0) is 93.5 Å². The van der Waals surface area contributed by atoms with E-state index in [2.05, 4.69) is 32.7 Å². The van der Waals surface area contributed by atoms with Gasteiger partial charge < -0.3 is 33.8 Å². The fourth-order valence-electron chi connectivity index (χ4n) is 9.65. The molecule has 12 nitrogen and oxygen atoms in total. The number of hydrogen-bond acceptors (Lipinski definition) is 9.